The van der Waals surface area contributed by atoms with Crippen LogP contribution in [0.3, 0.4) is 0 Å². The van der Waals surface area contributed by atoms with Crippen LogP contribution < -0.4 is 5.32 Å². The second-order valence-corrected chi connectivity index (χ2v) is 2.98. The summed E-state index contributed by atoms with van der Waals surface area (Å²) in [5.74, 6) is -2.57. The van der Waals surface area contributed by atoms with Crippen molar-refractivity contribution < 1.29 is 23.9 Å². The Balaban J connectivity index is 4.24. The minimum Gasteiger partial charge on any atom is -0.467 e. The van der Waals surface area contributed by atoms with Crippen molar-refractivity contribution in [2.75, 3.05) is 19.9 Å². The van der Waals surface area contributed by atoms with Gasteiger partial charge >= 0.3 is 17.8 Å². The number of ether oxygens (including phenoxy) is 2. The minimum atomic E-state index is -1.01. The van der Waals surface area contributed by atoms with Crippen LogP contribution in [0.15, 0.2) is 0 Å². The molecule has 1 N–H and O–H groups in total. The van der Waals surface area contributed by atoms with E-state index in [0.29, 0.717) is 0 Å². The third-order valence-corrected chi connectivity index (χ3v) is 1.96. The van der Waals surface area contributed by atoms with E-state index in [2.05, 4.69) is 24.0 Å². The summed E-state index contributed by atoms with van der Waals surface area (Å²) in [6.07, 6.45) is 0.262. The number of rotatable bonds is 4. The molecule has 0 bridgehead atoms. The Morgan fingerprint density at radius 1 is 1.40 bits per heavy atom. The molecule has 0 aromatic carbocycles. The molecule has 86 valence electrons. The summed E-state index contributed by atoms with van der Waals surface area (Å²) >= 11 is 0. The lowest BCUT2D eigenvalue weighted by Gasteiger charge is -2.13. The fraction of sp³-hybridized carbons (Fsp3) is 0.625. The van der Waals surface area contributed by atoms with E-state index in [0.717, 1.165) is 0 Å². The SMILES string of the molecule is CCOC(=O)C(=O)NC(CP)C(=O)OC. The Kier molecular flexibility index (Phi) is 6.62. The Hall–Kier alpha value is -1.16. The largest absolute Gasteiger partial charge is 0.467 e. The summed E-state index contributed by atoms with van der Waals surface area (Å²) in [4.78, 5) is 33.1. The van der Waals surface area contributed by atoms with Gasteiger partial charge in [-0.2, -0.15) is 0 Å². The van der Waals surface area contributed by atoms with Crippen molar-refractivity contribution in [3.63, 3.8) is 0 Å². The standard InChI is InChI=1S/C8H14NO5P/c1-3-14-8(12)6(10)9-5(4-15)7(11)13-2/h5H,3-4,15H2,1-2H3,(H,9,10). The lowest BCUT2D eigenvalue weighted by Crippen LogP contribution is -2.46. The van der Waals surface area contributed by atoms with Crippen LogP contribution in [-0.2, 0) is 23.9 Å². The highest BCUT2D eigenvalue weighted by molar-refractivity contribution is 7.16. The van der Waals surface area contributed by atoms with E-state index in [1.165, 1.54) is 7.11 Å². The van der Waals surface area contributed by atoms with Crippen LogP contribution >= 0.6 is 9.24 Å². The normalized spacial score (nSPS) is 11.4. The van der Waals surface area contributed by atoms with E-state index >= 15 is 0 Å². The number of amides is 1. The van der Waals surface area contributed by atoms with Crippen LogP contribution in [0.2, 0.25) is 0 Å². The van der Waals surface area contributed by atoms with Crippen molar-refractivity contribution in [1.82, 2.24) is 5.32 Å². The molecule has 0 spiro atoms. The average molecular weight is 235 g/mol. The Morgan fingerprint density at radius 3 is 2.40 bits per heavy atom. The van der Waals surface area contributed by atoms with Gasteiger partial charge in [-0.3, -0.25) is 4.79 Å². The van der Waals surface area contributed by atoms with E-state index in [9.17, 15) is 14.4 Å². The summed E-state index contributed by atoms with van der Waals surface area (Å²) in [7, 11) is 3.47. The van der Waals surface area contributed by atoms with Crippen LogP contribution in [0, 0.1) is 0 Å². The van der Waals surface area contributed by atoms with Gasteiger partial charge in [-0.25, -0.2) is 9.59 Å². The molecule has 0 rings (SSSR count). The van der Waals surface area contributed by atoms with Crippen LogP contribution in [-0.4, -0.2) is 43.8 Å². The van der Waals surface area contributed by atoms with Gasteiger partial charge in [-0.05, 0) is 13.1 Å². The molecule has 7 heteroatoms. The van der Waals surface area contributed by atoms with Gasteiger partial charge in [-0.15, -0.1) is 9.24 Å². The number of esters is 2. The van der Waals surface area contributed by atoms with Gasteiger partial charge in [0, 0.05) is 0 Å². The summed E-state index contributed by atoms with van der Waals surface area (Å²) in [5.41, 5.74) is 0. The number of carbonyl (C=O) groups excluding carboxylic acids is 3. The number of carbonyl (C=O) groups is 3. The molecule has 0 aliphatic heterocycles. The lowest BCUT2D eigenvalue weighted by molar-refractivity contribution is -0.156. The fourth-order valence-electron chi connectivity index (χ4n) is 0.770. The molecule has 2 unspecified atom stereocenters. The molecule has 1 amide bonds. The van der Waals surface area contributed by atoms with Gasteiger partial charge in [-0.1, -0.05) is 0 Å². The molecule has 0 aliphatic carbocycles. The summed E-state index contributed by atoms with van der Waals surface area (Å²) in [5, 5.41) is 2.19. The molecule has 0 aliphatic rings. The first kappa shape index (κ1) is 13.8. The molecule has 15 heavy (non-hydrogen) atoms. The second kappa shape index (κ2) is 7.17. The van der Waals surface area contributed by atoms with Crippen molar-refractivity contribution in [3.8, 4) is 0 Å². The van der Waals surface area contributed by atoms with Gasteiger partial charge in [0.15, 0.2) is 0 Å². The van der Waals surface area contributed by atoms with Gasteiger partial charge in [0.25, 0.3) is 0 Å². The highest BCUT2D eigenvalue weighted by Gasteiger charge is 2.23. The van der Waals surface area contributed by atoms with Crippen molar-refractivity contribution in [3.05, 3.63) is 0 Å². The topological polar surface area (TPSA) is 81.7 Å². The molecule has 0 aromatic rings. The Bertz CT molecular complexity index is 255. The van der Waals surface area contributed by atoms with E-state index in [-0.39, 0.29) is 12.8 Å². The third-order valence-electron chi connectivity index (χ3n) is 1.49. The van der Waals surface area contributed by atoms with Crippen molar-refractivity contribution >= 4 is 27.1 Å². The quantitative estimate of drug-likeness (QED) is 0.387. The number of hydrogen-bond donors (Lipinski definition) is 1. The van der Waals surface area contributed by atoms with E-state index < -0.39 is 23.9 Å². The first-order valence-corrected chi connectivity index (χ1v) is 5.13. The van der Waals surface area contributed by atoms with Gasteiger partial charge in [0.1, 0.15) is 6.04 Å². The molecular formula is C8H14NO5P. The van der Waals surface area contributed by atoms with Crippen LogP contribution in [0.5, 0.6) is 0 Å². The number of hydrogen-bond acceptors (Lipinski definition) is 5. The Morgan fingerprint density at radius 2 is 2.00 bits per heavy atom. The molecule has 0 saturated carbocycles. The van der Waals surface area contributed by atoms with Crippen molar-refractivity contribution in [2.45, 2.75) is 13.0 Å². The van der Waals surface area contributed by atoms with Gasteiger partial charge in [0.2, 0.25) is 0 Å². The zero-order chi connectivity index (χ0) is 11.8. The van der Waals surface area contributed by atoms with E-state index in [1.807, 2.05) is 0 Å². The summed E-state index contributed by atoms with van der Waals surface area (Å²) in [6, 6.07) is -0.850. The first-order chi connectivity index (χ1) is 7.06. The predicted octanol–water partition coefficient (Wildman–Crippen LogP) is -0.918. The molecule has 0 fully saturated rings. The number of methoxy groups -OCH3 is 1. The van der Waals surface area contributed by atoms with E-state index in [1.54, 1.807) is 6.92 Å². The average Bonchev–Trinajstić information content (AvgIpc) is 2.24. The second-order valence-electron chi connectivity index (χ2n) is 2.51. The molecular weight excluding hydrogens is 221 g/mol. The molecule has 2 atom stereocenters. The molecule has 0 radical (unpaired) electrons. The minimum absolute atomic E-state index is 0.107. The Labute approximate surface area is 89.9 Å². The fourth-order valence-corrected chi connectivity index (χ4v) is 1.08. The molecule has 0 saturated heterocycles. The smallest absolute Gasteiger partial charge is 0.396 e. The maximum atomic E-state index is 11.1. The van der Waals surface area contributed by atoms with Crippen molar-refractivity contribution in [2.24, 2.45) is 0 Å². The zero-order valence-electron chi connectivity index (χ0n) is 8.61. The molecule has 0 heterocycles. The highest BCUT2D eigenvalue weighted by atomic mass is 31.0. The molecule has 6 nitrogen and oxygen atoms in total. The molecule has 0 aromatic heterocycles. The predicted molar refractivity (Wildman–Crippen MR) is 55.2 cm³/mol. The summed E-state index contributed by atoms with van der Waals surface area (Å²) in [6.45, 7) is 1.69. The third kappa shape index (κ3) is 4.74. The first-order valence-electron chi connectivity index (χ1n) is 4.32. The van der Waals surface area contributed by atoms with Crippen LogP contribution in [0.4, 0.5) is 0 Å². The maximum absolute atomic E-state index is 11.1. The monoisotopic (exact) mass is 235 g/mol. The van der Waals surface area contributed by atoms with Crippen LogP contribution in [0.25, 0.3) is 0 Å². The van der Waals surface area contributed by atoms with Gasteiger partial charge in [0.05, 0.1) is 13.7 Å². The number of nitrogens with one attached hydrogen (secondary N) is 1. The van der Waals surface area contributed by atoms with Gasteiger partial charge < -0.3 is 14.8 Å². The lowest BCUT2D eigenvalue weighted by atomic mass is 10.3. The van der Waals surface area contributed by atoms with Crippen molar-refractivity contribution in [1.29, 1.82) is 0 Å². The maximum Gasteiger partial charge on any atom is 0.396 e. The van der Waals surface area contributed by atoms with Crippen LogP contribution in [0.1, 0.15) is 6.92 Å². The van der Waals surface area contributed by atoms with E-state index in [4.69, 9.17) is 0 Å². The summed E-state index contributed by atoms with van der Waals surface area (Å²) < 4.78 is 8.88. The zero-order valence-corrected chi connectivity index (χ0v) is 9.76. The highest BCUT2D eigenvalue weighted by Crippen LogP contribution is 1.94.